The molecule has 0 aliphatic carbocycles. The molecule has 0 aromatic heterocycles. The molecule has 0 heterocycles. The van der Waals surface area contributed by atoms with Crippen LogP contribution in [0, 0.1) is 0 Å². The van der Waals surface area contributed by atoms with Gasteiger partial charge in [0.15, 0.2) is 0 Å². The molecule has 18 heavy (non-hydrogen) atoms. The van der Waals surface area contributed by atoms with Crippen LogP contribution in [0.5, 0.6) is 0 Å². The summed E-state index contributed by atoms with van der Waals surface area (Å²) >= 11 is 0. The van der Waals surface area contributed by atoms with Gasteiger partial charge in [-0.3, -0.25) is 0 Å². The van der Waals surface area contributed by atoms with Gasteiger partial charge in [0.2, 0.25) is 0 Å². The standard InChI is InChI=1S/C16H27NO/c1-3-5-6-11-18-14-16-9-7-8-15(12-16)13-17-10-4-2/h7-9,12,17H,3-6,10-11,13-14H2,1-2H3. The van der Waals surface area contributed by atoms with Crippen molar-refractivity contribution < 1.29 is 4.74 Å². The third-order valence-corrected chi connectivity index (χ3v) is 2.91. The van der Waals surface area contributed by atoms with Crippen LogP contribution in [0.1, 0.15) is 50.7 Å². The van der Waals surface area contributed by atoms with E-state index in [0.717, 1.165) is 26.3 Å². The number of unbranched alkanes of at least 4 members (excludes halogenated alkanes) is 2. The summed E-state index contributed by atoms with van der Waals surface area (Å²) in [7, 11) is 0. The van der Waals surface area contributed by atoms with Gasteiger partial charge in [0.25, 0.3) is 0 Å². The predicted octanol–water partition coefficient (Wildman–Crippen LogP) is 3.89. The first-order chi connectivity index (χ1) is 8.86. The minimum atomic E-state index is 0.741. The van der Waals surface area contributed by atoms with Crippen LogP contribution in [0.15, 0.2) is 24.3 Å². The van der Waals surface area contributed by atoms with E-state index in [4.69, 9.17) is 4.74 Å². The molecule has 1 aromatic rings. The highest BCUT2D eigenvalue weighted by Gasteiger charge is 1.96. The highest BCUT2D eigenvalue weighted by Crippen LogP contribution is 2.07. The monoisotopic (exact) mass is 249 g/mol. The third kappa shape index (κ3) is 6.77. The van der Waals surface area contributed by atoms with Crippen LogP contribution in [-0.4, -0.2) is 13.2 Å². The Kier molecular flexibility index (Phi) is 8.53. The lowest BCUT2D eigenvalue weighted by Crippen LogP contribution is -2.13. The Morgan fingerprint density at radius 3 is 2.67 bits per heavy atom. The van der Waals surface area contributed by atoms with Crippen molar-refractivity contribution in [3.05, 3.63) is 35.4 Å². The second kappa shape index (κ2) is 10.1. The molecule has 0 atom stereocenters. The Balaban J connectivity index is 2.26. The van der Waals surface area contributed by atoms with Gasteiger partial charge < -0.3 is 10.1 Å². The van der Waals surface area contributed by atoms with Gasteiger partial charge in [-0.05, 0) is 30.5 Å². The Bertz CT molecular complexity index is 312. The van der Waals surface area contributed by atoms with Gasteiger partial charge in [0.1, 0.15) is 0 Å². The van der Waals surface area contributed by atoms with Crippen LogP contribution >= 0.6 is 0 Å². The van der Waals surface area contributed by atoms with Crippen molar-refractivity contribution in [2.75, 3.05) is 13.2 Å². The van der Waals surface area contributed by atoms with Gasteiger partial charge in [0, 0.05) is 13.2 Å². The maximum Gasteiger partial charge on any atom is 0.0716 e. The van der Waals surface area contributed by atoms with E-state index >= 15 is 0 Å². The van der Waals surface area contributed by atoms with Crippen molar-refractivity contribution in [2.24, 2.45) is 0 Å². The molecule has 2 nitrogen and oxygen atoms in total. The molecular weight excluding hydrogens is 222 g/mol. The molecule has 0 amide bonds. The van der Waals surface area contributed by atoms with E-state index in [1.807, 2.05) is 0 Å². The molecule has 0 aliphatic rings. The summed E-state index contributed by atoms with van der Waals surface area (Å²) in [5.41, 5.74) is 2.63. The van der Waals surface area contributed by atoms with Crippen LogP contribution in [0.4, 0.5) is 0 Å². The molecule has 0 saturated carbocycles. The second-order valence-corrected chi connectivity index (χ2v) is 4.76. The highest BCUT2D eigenvalue weighted by atomic mass is 16.5. The quantitative estimate of drug-likeness (QED) is 0.635. The summed E-state index contributed by atoms with van der Waals surface area (Å²) in [4.78, 5) is 0. The molecule has 0 fully saturated rings. The van der Waals surface area contributed by atoms with Crippen LogP contribution in [0.2, 0.25) is 0 Å². The van der Waals surface area contributed by atoms with Gasteiger partial charge in [-0.15, -0.1) is 0 Å². The first-order valence-corrected chi connectivity index (χ1v) is 7.23. The van der Waals surface area contributed by atoms with Crippen LogP contribution in [-0.2, 0) is 17.9 Å². The lowest BCUT2D eigenvalue weighted by atomic mass is 10.1. The molecule has 0 unspecified atom stereocenters. The Labute approximate surface area is 112 Å². The van der Waals surface area contributed by atoms with E-state index in [2.05, 4.69) is 43.4 Å². The zero-order valence-corrected chi connectivity index (χ0v) is 11.9. The van der Waals surface area contributed by atoms with Gasteiger partial charge in [-0.25, -0.2) is 0 Å². The van der Waals surface area contributed by atoms with Crippen molar-refractivity contribution in [2.45, 2.75) is 52.7 Å². The normalized spacial score (nSPS) is 10.8. The third-order valence-electron chi connectivity index (χ3n) is 2.91. The highest BCUT2D eigenvalue weighted by molar-refractivity contribution is 5.22. The zero-order valence-electron chi connectivity index (χ0n) is 11.9. The van der Waals surface area contributed by atoms with Crippen molar-refractivity contribution >= 4 is 0 Å². The maximum atomic E-state index is 5.68. The average Bonchev–Trinajstić information content (AvgIpc) is 2.39. The summed E-state index contributed by atoms with van der Waals surface area (Å²) in [6.45, 7) is 8.06. The molecule has 0 aliphatic heterocycles. The fourth-order valence-electron chi connectivity index (χ4n) is 1.88. The summed E-state index contributed by atoms with van der Waals surface area (Å²) in [6, 6.07) is 8.67. The Morgan fingerprint density at radius 1 is 1.06 bits per heavy atom. The molecule has 0 spiro atoms. The lowest BCUT2D eigenvalue weighted by molar-refractivity contribution is 0.117. The summed E-state index contributed by atoms with van der Waals surface area (Å²) in [6.07, 6.45) is 4.87. The Hall–Kier alpha value is -0.860. The molecule has 2 heteroatoms. The number of hydrogen-bond donors (Lipinski definition) is 1. The fraction of sp³-hybridized carbons (Fsp3) is 0.625. The molecule has 0 bridgehead atoms. The van der Waals surface area contributed by atoms with Crippen LogP contribution in [0.3, 0.4) is 0 Å². The fourth-order valence-corrected chi connectivity index (χ4v) is 1.88. The number of benzene rings is 1. The van der Waals surface area contributed by atoms with E-state index in [0.29, 0.717) is 0 Å². The average molecular weight is 249 g/mol. The summed E-state index contributed by atoms with van der Waals surface area (Å²) in [5.74, 6) is 0. The molecule has 0 radical (unpaired) electrons. The van der Waals surface area contributed by atoms with Gasteiger partial charge in [-0.1, -0.05) is 51.0 Å². The number of hydrogen-bond acceptors (Lipinski definition) is 2. The number of ether oxygens (including phenoxy) is 1. The largest absolute Gasteiger partial charge is 0.377 e. The molecule has 102 valence electrons. The summed E-state index contributed by atoms with van der Waals surface area (Å²) < 4.78 is 5.68. The van der Waals surface area contributed by atoms with Gasteiger partial charge in [0.05, 0.1) is 6.61 Å². The topological polar surface area (TPSA) is 21.3 Å². The minimum Gasteiger partial charge on any atom is -0.377 e. The van der Waals surface area contributed by atoms with E-state index in [1.54, 1.807) is 0 Å². The zero-order chi connectivity index (χ0) is 13.1. The van der Waals surface area contributed by atoms with Crippen molar-refractivity contribution in [3.63, 3.8) is 0 Å². The SMILES string of the molecule is CCCCCOCc1cccc(CNCCC)c1. The van der Waals surface area contributed by atoms with Crippen molar-refractivity contribution in [1.82, 2.24) is 5.32 Å². The first-order valence-electron chi connectivity index (χ1n) is 7.23. The number of nitrogens with one attached hydrogen (secondary N) is 1. The molecule has 1 aromatic carbocycles. The van der Waals surface area contributed by atoms with Crippen molar-refractivity contribution in [3.8, 4) is 0 Å². The van der Waals surface area contributed by atoms with Crippen LogP contribution < -0.4 is 5.32 Å². The van der Waals surface area contributed by atoms with E-state index in [9.17, 15) is 0 Å². The lowest BCUT2D eigenvalue weighted by Gasteiger charge is -2.07. The van der Waals surface area contributed by atoms with E-state index < -0.39 is 0 Å². The molecule has 1 N–H and O–H groups in total. The van der Waals surface area contributed by atoms with Gasteiger partial charge >= 0.3 is 0 Å². The number of rotatable bonds is 10. The Morgan fingerprint density at radius 2 is 1.89 bits per heavy atom. The van der Waals surface area contributed by atoms with Gasteiger partial charge in [-0.2, -0.15) is 0 Å². The minimum absolute atomic E-state index is 0.741. The molecule has 0 saturated heterocycles. The molecular formula is C16H27NO. The predicted molar refractivity (Wildman–Crippen MR) is 77.6 cm³/mol. The van der Waals surface area contributed by atoms with E-state index in [1.165, 1.54) is 36.8 Å². The van der Waals surface area contributed by atoms with Crippen LogP contribution in [0.25, 0.3) is 0 Å². The van der Waals surface area contributed by atoms with E-state index in [-0.39, 0.29) is 0 Å². The smallest absolute Gasteiger partial charge is 0.0716 e. The second-order valence-electron chi connectivity index (χ2n) is 4.76. The first kappa shape index (κ1) is 15.2. The maximum absolute atomic E-state index is 5.68. The summed E-state index contributed by atoms with van der Waals surface area (Å²) in [5, 5.41) is 3.42. The molecule has 1 rings (SSSR count). The van der Waals surface area contributed by atoms with Crippen molar-refractivity contribution in [1.29, 1.82) is 0 Å².